The van der Waals surface area contributed by atoms with E-state index in [1.807, 2.05) is 18.2 Å². The van der Waals surface area contributed by atoms with E-state index in [0.29, 0.717) is 17.2 Å². The first kappa shape index (κ1) is 20.2. The van der Waals surface area contributed by atoms with E-state index in [1.165, 1.54) is 19.4 Å². The number of ether oxygens (including phenoxy) is 2. The number of pyridine rings is 1. The Bertz CT molecular complexity index is 1120. The Hall–Kier alpha value is -3.59. The van der Waals surface area contributed by atoms with Crippen LogP contribution in [0.2, 0.25) is 0 Å². The zero-order valence-corrected chi connectivity index (χ0v) is 16.6. The zero-order chi connectivity index (χ0) is 20.9. The number of anilines is 2. The Morgan fingerprint density at radius 1 is 1.03 bits per heavy atom. The number of amides is 1. The number of carbonyl (C=O) groups is 1. The van der Waals surface area contributed by atoms with Crippen LogP contribution in [-0.2, 0) is 10.0 Å². The van der Waals surface area contributed by atoms with Crippen LogP contribution in [0.5, 0.6) is 17.4 Å². The summed E-state index contributed by atoms with van der Waals surface area (Å²) in [6, 6.07) is 16.8. The van der Waals surface area contributed by atoms with E-state index < -0.39 is 15.9 Å². The molecule has 0 aliphatic heterocycles. The zero-order valence-electron chi connectivity index (χ0n) is 15.7. The molecule has 0 fully saturated rings. The third-order valence-corrected chi connectivity index (χ3v) is 4.32. The molecule has 0 radical (unpaired) electrons. The van der Waals surface area contributed by atoms with Crippen LogP contribution >= 0.6 is 0 Å². The minimum atomic E-state index is -3.52. The fraction of sp³-hybridized carbons (Fsp3) is 0.100. The molecule has 8 nitrogen and oxygen atoms in total. The number of nitrogens with one attached hydrogen (secondary N) is 2. The second kappa shape index (κ2) is 8.61. The second-order valence-corrected chi connectivity index (χ2v) is 7.76. The van der Waals surface area contributed by atoms with Crippen LogP contribution in [0.25, 0.3) is 0 Å². The summed E-state index contributed by atoms with van der Waals surface area (Å²) in [5.74, 6) is 0.561. The molecule has 2 aromatic carbocycles. The smallest absolute Gasteiger partial charge is 0.261 e. The molecule has 0 saturated carbocycles. The van der Waals surface area contributed by atoms with Crippen LogP contribution in [0.3, 0.4) is 0 Å². The number of nitrogens with zero attached hydrogens (tertiary/aromatic N) is 1. The number of sulfonamides is 1. The average Bonchev–Trinajstić information content (AvgIpc) is 2.68. The number of methoxy groups -OCH3 is 1. The van der Waals surface area contributed by atoms with Gasteiger partial charge in [-0.05, 0) is 42.5 Å². The summed E-state index contributed by atoms with van der Waals surface area (Å²) < 4.78 is 36.3. The number of para-hydroxylation sites is 1. The second-order valence-electron chi connectivity index (χ2n) is 6.01. The van der Waals surface area contributed by atoms with Crippen molar-refractivity contribution in [3.63, 3.8) is 0 Å². The predicted molar refractivity (Wildman–Crippen MR) is 110 cm³/mol. The molecule has 0 saturated heterocycles. The number of aromatic nitrogens is 1. The maximum Gasteiger partial charge on any atom is 0.261 e. The van der Waals surface area contributed by atoms with Crippen LogP contribution in [-0.4, -0.2) is 32.7 Å². The highest BCUT2D eigenvalue weighted by molar-refractivity contribution is 7.92. The third kappa shape index (κ3) is 5.45. The van der Waals surface area contributed by atoms with Gasteiger partial charge in [-0.25, -0.2) is 13.4 Å². The molecule has 0 atom stereocenters. The molecule has 9 heteroatoms. The average molecular weight is 413 g/mol. The number of benzene rings is 2. The van der Waals surface area contributed by atoms with Crippen LogP contribution in [0.4, 0.5) is 11.4 Å². The maximum absolute atomic E-state index is 12.8. The first-order valence-corrected chi connectivity index (χ1v) is 10.4. The van der Waals surface area contributed by atoms with Crippen molar-refractivity contribution >= 4 is 27.3 Å². The van der Waals surface area contributed by atoms with Crippen molar-refractivity contribution in [2.24, 2.45) is 0 Å². The van der Waals surface area contributed by atoms with Gasteiger partial charge in [0.1, 0.15) is 17.1 Å². The summed E-state index contributed by atoms with van der Waals surface area (Å²) in [5, 5.41) is 2.71. The lowest BCUT2D eigenvalue weighted by Gasteiger charge is -2.13. The Morgan fingerprint density at radius 3 is 2.48 bits per heavy atom. The molecular weight excluding hydrogens is 394 g/mol. The molecule has 150 valence electrons. The molecule has 1 amide bonds. The molecule has 0 unspecified atom stereocenters. The van der Waals surface area contributed by atoms with Gasteiger partial charge in [-0.1, -0.05) is 18.2 Å². The lowest BCUT2D eigenvalue weighted by atomic mass is 10.2. The molecule has 0 aliphatic rings. The van der Waals surface area contributed by atoms with Gasteiger partial charge in [-0.3, -0.25) is 9.52 Å². The molecule has 3 rings (SSSR count). The minimum Gasteiger partial charge on any atom is -0.495 e. The van der Waals surface area contributed by atoms with Gasteiger partial charge in [0.15, 0.2) is 0 Å². The lowest BCUT2D eigenvalue weighted by Crippen LogP contribution is -2.15. The summed E-state index contributed by atoms with van der Waals surface area (Å²) in [5.41, 5.74) is 0.806. The first-order valence-electron chi connectivity index (χ1n) is 8.51. The first-order chi connectivity index (χ1) is 13.9. The van der Waals surface area contributed by atoms with Crippen LogP contribution < -0.4 is 19.5 Å². The highest BCUT2D eigenvalue weighted by Crippen LogP contribution is 2.29. The number of hydrogen-bond donors (Lipinski definition) is 2. The fourth-order valence-electron chi connectivity index (χ4n) is 2.51. The highest BCUT2D eigenvalue weighted by atomic mass is 32.2. The molecule has 0 spiro atoms. The van der Waals surface area contributed by atoms with Crippen molar-refractivity contribution in [3.05, 3.63) is 72.4 Å². The summed E-state index contributed by atoms with van der Waals surface area (Å²) >= 11 is 0. The Kier molecular flexibility index (Phi) is 5.99. The summed E-state index contributed by atoms with van der Waals surface area (Å²) in [7, 11) is -2.10. The van der Waals surface area contributed by atoms with E-state index in [4.69, 9.17) is 9.47 Å². The van der Waals surface area contributed by atoms with Crippen LogP contribution in [0.1, 0.15) is 10.4 Å². The van der Waals surface area contributed by atoms with E-state index in [2.05, 4.69) is 15.0 Å². The summed E-state index contributed by atoms with van der Waals surface area (Å²) in [4.78, 5) is 16.9. The monoisotopic (exact) mass is 413 g/mol. The minimum absolute atomic E-state index is 0.152. The summed E-state index contributed by atoms with van der Waals surface area (Å²) in [6.45, 7) is 0. The Labute approximate surface area is 168 Å². The van der Waals surface area contributed by atoms with Gasteiger partial charge in [0, 0.05) is 11.9 Å². The number of rotatable bonds is 7. The van der Waals surface area contributed by atoms with Gasteiger partial charge in [-0.15, -0.1) is 0 Å². The molecule has 1 aromatic heterocycles. The normalized spacial score (nSPS) is 10.8. The molecular formula is C20H19N3O5S. The van der Waals surface area contributed by atoms with Crippen molar-refractivity contribution in [1.82, 2.24) is 4.98 Å². The van der Waals surface area contributed by atoms with E-state index in [-0.39, 0.29) is 17.1 Å². The fourth-order valence-corrected chi connectivity index (χ4v) is 3.07. The Balaban J connectivity index is 1.85. The quantitative estimate of drug-likeness (QED) is 0.614. The largest absolute Gasteiger partial charge is 0.495 e. The maximum atomic E-state index is 12.8. The van der Waals surface area contributed by atoms with Crippen molar-refractivity contribution in [2.45, 2.75) is 0 Å². The predicted octanol–water partition coefficient (Wildman–Crippen LogP) is 3.51. The number of hydrogen-bond acceptors (Lipinski definition) is 6. The standard InChI is InChI=1S/C20H19N3O5S/c1-27-18-11-10-14(13-17(18)23-29(2,25)26)22-19(24)16-9-6-12-21-20(16)28-15-7-4-3-5-8-15/h3-13,23H,1-2H3,(H,22,24). The van der Waals surface area contributed by atoms with E-state index in [0.717, 1.165) is 6.26 Å². The lowest BCUT2D eigenvalue weighted by molar-refractivity contribution is 0.102. The molecule has 0 bridgehead atoms. The van der Waals surface area contributed by atoms with Gasteiger partial charge in [0.25, 0.3) is 5.91 Å². The molecule has 2 N–H and O–H groups in total. The van der Waals surface area contributed by atoms with Crippen molar-refractivity contribution < 1.29 is 22.7 Å². The van der Waals surface area contributed by atoms with Crippen molar-refractivity contribution in [2.75, 3.05) is 23.4 Å². The molecule has 1 heterocycles. The topological polar surface area (TPSA) is 107 Å². The SMILES string of the molecule is COc1ccc(NC(=O)c2cccnc2Oc2ccccc2)cc1NS(C)(=O)=O. The van der Waals surface area contributed by atoms with Gasteiger partial charge in [0.2, 0.25) is 15.9 Å². The Morgan fingerprint density at radius 2 is 1.79 bits per heavy atom. The summed E-state index contributed by atoms with van der Waals surface area (Å²) in [6.07, 6.45) is 2.55. The van der Waals surface area contributed by atoms with Gasteiger partial charge < -0.3 is 14.8 Å². The van der Waals surface area contributed by atoms with Crippen LogP contribution in [0, 0.1) is 0 Å². The van der Waals surface area contributed by atoms with Crippen molar-refractivity contribution in [3.8, 4) is 17.4 Å². The van der Waals surface area contributed by atoms with E-state index in [1.54, 1.807) is 36.4 Å². The highest BCUT2D eigenvalue weighted by Gasteiger charge is 2.16. The number of carbonyl (C=O) groups excluding carboxylic acids is 1. The third-order valence-electron chi connectivity index (χ3n) is 3.73. The van der Waals surface area contributed by atoms with Gasteiger partial charge in [0.05, 0.1) is 19.1 Å². The van der Waals surface area contributed by atoms with Crippen molar-refractivity contribution in [1.29, 1.82) is 0 Å². The van der Waals surface area contributed by atoms with Gasteiger partial charge >= 0.3 is 0 Å². The van der Waals surface area contributed by atoms with E-state index in [9.17, 15) is 13.2 Å². The molecule has 0 aliphatic carbocycles. The van der Waals surface area contributed by atoms with E-state index >= 15 is 0 Å². The molecule has 3 aromatic rings. The van der Waals surface area contributed by atoms with Crippen LogP contribution in [0.15, 0.2) is 66.9 Å². The molecule has 29 heavy (non-hydrogen) atoms. The van der Waals surface area contributed by atoms with Gasteiger partial charge in [-0.2, -0.15) is 0 Å².